The van der Waals surface area contributed by atoms with Crippen LogP contribution in [0, 0.1) is 18.3 Å². The first-order valence-corrected chi connectivity index (χ1v) is 6.81. The maximum absolute atomic E-state index is 12.5. The zero-order chi connectivity index (χ0) is 14.2. The highest BCUT2D eigenvalue weighted by Crippen LogP contribution is 2.34. The Kier molecular flexibility index (Phi) is 3.52. The molecule has 1 aliphatic heterocycles. The largest absolute Gasteiger partial charge is 0.384 e. The van der Waals surface area contributed by atoms with Gasteiger partial charge in [-0.2, -0.15) is 0 Å². The number of nitrogens with zero attached hydrogens (tertiary/aromatic N) is 2. The summed E-state index contributed by atoms with van der Waals surface area (Å²) in [5.74, 6) is 1.05. The molecule has 0 aliphatic carbocycles. The summed E-state index contributed by atoms with van der Waals surface area (Å²) in [6.07, 6.45) is 1.08. The molecular formula is C15H23N3O. The number of hydrogen-bond donors (Lipinski definition) is 1. The fourth-order valence-corrected chi connectivity index (χ4v) is 2.65. The van der Waals surface area contributed by atoms with Crippen LogP contribution in [0.4, 0.5) is 5.82 Å². The number of nitrogen functional groups attached to an aromatic ring is 1. The molecule has 1 saturated heterocycles. The van der Waals surface area contributed by atoms with Crippen LogP contribution >= 0.6 is 0 Å². The molecule has 104 valence electrons. The van der Waals surface area contributed by atoms with Crippen molar-refractivity contribution in [3.8, 4) is 0 Å². The van der Waals surface area contributed by atoms with Crippen LogP contribution in [0.25, 0.3) is 0 Å². The van der Waals surface area contributed by atoms with E-state index in [2.05, 4.69) is 25.8 Å². The number of likely N-dealkylation sites (tertiary alicyclic amines) is 1. The summed E-state index contributed by atoms with van der Waals surface area (Å²) in [6, 6.07) is 3.48. The molecule has 0 aromatic carbocycles. The van der Waals surface area contributed by atoms with Gasteiger partial charge in [0.15, 0.2) is 0 Å². The molecule has 2 rings (SSSR count). The number of aromatic nitrogens is 1. The molecule has 0 radical (unpaired) electrons. The summed E-state index contributed by atoms with van der Waals surface area (Å²) in [4.78, 5) is 18.5. The number of pyridine rings is 1. The third-order valence-corrected chi connectivity index (χ3v) is 3.92. The molecule has 1 aromatic heterocycles. The lowest BCUT2D eigenvalue weighted by Gasteiger charge is -2.27. The molecule has 1 fully saturated rings. The van der Waals surface area contributed by atoms with Gasteiger partial charge < -0.3 is 10.6 Å². The van der Waals surface area contributed by atoms with Gasteiger partial charge in [-0.05, 0) is 36.8 Å². The second-order valence-electron chi connectivity index (χ2n) is 6.52. The molecule has 4 nitrogen and oxygen atoms in total. The lowest BCUT2D eigenvalue weighted by molar-refractivity contribution is 0.0776. The maximum atomic E-state index is 12.5. The molecule has 0 spiro atoms. The van der Waals surface area contributed by atoms with Gasteiger partial charge >= 0.3 is 0 Å². The molecule has 1 amide bonds. The van der Waals surface area contributed by atoms with Crippen molar-refractivity contribution in [1.29, 1.82) is 0 Å². The third-order valence-electron chi connectivity index (χ3n) is 3.92. The summed E-state index contributed by atoms with van der Waals surface area (Å²) in [5.41, 5.74) is 7.40. The average Bonchev–Trinajstić information content (AvgIpc) is 2.75. The minimum absolute atomic E-state index is 0.0731. The molecule has 1 atom stereocenters. The molecule has 0 bridgehead atoms. The first-order chi connectivity index (χ1) is 8.77. The summed E-state index contributed by atoms with van der Waals surface area (Å²) in [7, 11) is 0. The van der Waals surface area contributed by atoms with Crippen LogP contribution in [0.2, 0.25) is 0 Å². The molecule has 19 heavy (non-hydrogen) atoms. The lowest BCUT2D eigenvalue weighted by atomic mass is 9.80. The zero-order valence-corrected chi connectivity index (χ0v) is 12.2. The van der Waals surface area contributed by atoms with E-state index in [0.29, 0.717) is 17.3 Å². The topological polar surface area (TPSA) is 59.2 Å². The molecule has 1 aliphatic rings. The van der Waals surface area contributed by atoms with Crippen molar-refractivity contribution in [2.75, 3.05) is 18.8 Å². The predicted molar refractivity (Wildman–Crippen MR) is 76.9 cm³/mol. The van der Waals surface area contributed by atoms with Crippen molar-refractivity contribution in [2.45, 2.75) is 34.1 Å². The standard InChI is InChI=1S/C15H23N3O/c1-10-7-11(8-13(16)17-10)14(19)18-6-5-12(9-18)15(2,3)4/h7-8,12H,5-6,9H2,1-4H3,(H2,16,17). The SMILES string of the molecule is Cc1cc(C(=O)N2CCC(C(C)(C)C)C2)cc(N)n1. The monoisotopic (exact) mass is 261 g/mol. The smallest absolute Gasteiger partial charge is 0.254 e. The Bertz CT molecular complexity index is 470. The number of amides is 1. The van der Waals surface area contributed by atoms with Crippen molar-refractivity contribution in [3.05, 3.63) is 23.4 Å². The first kappa shape index (κ1) is 13.8. The lowest BCUT2D eigenvalue weighted by Crippen LogP contribution is -2.31. The summed E-state index contributed by atoms with van der Waals surface area (Å²) in [5, 5.41) is 0. The normalized spacial score (nSPS) is 19.8. The zero-order valence-electron chi connectivity index (χ0n) is 12.2. The summed E-state index contributed by atoms with van der Waals surface area (Å²) >= 11 is 0. The van der Waals surface area contributed by atoms with Crippen molar-refractivity contribution in [1.82, 2.24) is 9.88 Å². The number of aryl methyl sites for hydroxylation is 1. The van der Waals surface area contributed by atoms with E-state index in [1.54, 1.807) is 6.07 Å². The number of anilines is 1. The van der Waals surface area contributed by atoms with E-state index in [4.69, 9.17) is 5.73 Å². The first-order valence-electron chi connectivity index (χ1n) is 6.81. The second-order valence-corrected chi connectivity index (χ2v) is 6.52. The molecule has 4 heteroatoms. The van der Waals surface area contributed by atoms with E-state index in [0.717, 1.165) is 25.2 Å². The van der Waals surface area contributed by atoms with Gasteiger partial charge in [0.1, 0.15) is 5.82 Å². The van der Waals surface area contributed by atoms with Crippen LogP contribution in [-0.2, 0) is 0 Å². The molecular weight excluding hydrogens is 238 g/mol. The Labute approximate surface area is 115 Å². The van der Waals surface area contributed by atoms with Gasteiger partial charge in [-0.15, -0.1) is 0 Å². The van der Waals surface area contributed by atoms with E-state index < -0.39 is 0 Å². The molecule has 2 heterocycles. The van der Waals surface area contributed by atoms with Crippen molar-refractivity contribution >= 4 is 11.7 Å². The van der Waals surface area contributed by atoms with Crippen LogP contribution in [-0.4, -0.2) is 28.9 Å². The highest BCUT2D eigenvalue weighted by atomic mass is 16.2. The Hall–Kier alpha value is -1.58. The predicted octanol–water partition coefficient (Wildman–Crippen LogP) is 2.48. The van der Waals surface area contributed by atoms with Crippen LogP contribution in [0.3, 0.4) is 0 Å². The second kappa shape index (κ2) is 4.83. The Morgan fingerprint density at radius 3 is 2.63 bits per heavy atom. The fraction of sp³-hybridized carbons (Fsp3) is 0.600. The van der Waals surface area contributed by atoms with Gasteiger partial charge in [0.05, 0.1) is 0 Å². The van der Waals surface area contributed by atoms with Gasteiger partial charge in [-0.25, -0.2) is 4.98 Å². The molecule has 2 N–H and O–H groups in total. The highest BCUT2D eigenvalue weighted by molar-refractivity contribution is 5.95. The van der Waals surface area contributed by atoms with Crippen molar-refractivity contribution < 1.29 is 4.79 Å². The van der Waals surface area contributed by atoms with Crippen LogP contribution in [0.15, 0.2) is 12.1 Å². The maximum Gasteiger partial charge on any atom is 0.254 e. The van der Waals surface area contributed by atoms with Crippen molar-refractivity contribution in [2.24, 2.45) is 11.3 Å². The Morgan fingerprint density at radius 2 is 2.11 bits per heavy atom. The van der Waals surface area contributed by atoms with Crippen LogP contribution < -0.4 is 5.73 Å². The van der Waals surface area contributed by atoms with Gasteiger partial charge in [-0.3, -0.25) is 4.79 Å². The van der Waals surface area contributed by atoms with E-state index in [-0.39, 0.29) is 11.3 Å². The van der Waals surface area contributed by atoms with E-state index in [1.165, 1.54) is 0 Å². The molecule has 1 unspecified atom stereocenters. The summed E-state index contributed by atoms with van der Waals surface area (Å²) in [6.45, 7) is 10.2. The Balaban J connectivity index is 2.13. The Morgan fingerprint density at radius 1 is 1.42 bits per heavy atom. The van der Waals surface area contributed by atoms with Gasteiger partial charge in [0.25, 0.3) is 5.91 Å². The number of nitrogens with two attached hydrogens (primary N) is 1. The summed E-state index contributed by atoms with van der Waals surface area (Å²) < 4.78 is 0. The van der Waals surface area contributed by atoms with Gasteiger partial charge in [0.2, 0.25) is 0 Å². The number of carbonyl (C=O) groups is 1. The van der Waals surface area contributed by atoms with Crippen molar-refractivity contribution in [3.63, 3.8) is 0 Å². The number of hydrogen-bond acceptors (Lipinski definition) is 3. The van der Waals surface area contributed by atoms with Crippen LogP contribution in [0.1, 0.15) is 43.2 Å². The van der Waals surface area contributed by atoms with E-state index in [1.807, 2.05) is 17.9 Å². The quantitative estimate of drug-likeness (QED) is 0.845. The third kappa shape index (κ3) is 3.06. The average molecular weight is 261 g/mol. The van der Waals surface area contributed by atoms with Crippen LogP contribution in [0.5, 0.6) is 0 Å². The molecule has 0 saturated carbocycles. The molecule has 1 aromatic rings. The van der Waals surface area contributed by atoms with Gasteiger partial charge in [0, 0.05) is 24.3 Å². The van der Waals surface area contributed by atoms with E-state index in [9.17, 15) is 4.79 Å². The van der Waals surface area contributed by atoms with E-state index >= 15 is 0 Å². The number of carbonyl (C=O) groups excluding carboxylic acids is 1. The minimum atomic E-state index is 0.0731. The van der Waals surface area contributed by atoms with Gasteiger partial charge in [-0.1, -0.05) is 20.8 Å². The highest BCUT2D eigenvalue weighted by Gasteiger charge is 2.34. The minimum Gasteiger partial charge on any atom is -0.384 e. The number of rotatable bonds is 1. The fourth-order valence-electron chi connectivity index (χ4n) is 2.65.